The van der Waals surface area contributed by atoms with E-state index in [2.05, 4.69) is 45.9 Å². The van der Waals surface area contributed by atoms with Gasteiger partial charge in [-0.2, -0.15) is 23.5 Å². The Morgan fingerprint density at radius 2 is 1.48 bits per heavy atom. The Balaban J connectivity index is 1.99. The first-order valence-corrected chi connectivity index (χ1v) is 10.7. The van der Waals surface area contributed by atoms with Gasteiger partial charge in [-0.25, -0.2) is 9.97 Å². The first-order valence-electron chi connectivity index (χ1n) is 8.55. The van der Waals surface area contributed by atoms with Gasteiger partial charge in [0.25, 0.3) is 0 Å². The van der Waals surface area contributed by atoms with Crippen LogP contribution in [0.25, 0.3) is 11.0 Å². The highest BCUT2D eigenvalue weighted by Crippen LogP contribution is 2.31. The fourth-order valence-corrected chi connectivity index (χ4v) is 4.77. The molecule has 0 N–H and O–H groups in total. The van der Waals surface area contributed by atoms with Crippen LogP contribution in [0.4, 0.5) is 0 Å². The van der Waals surface area contributed by atoms with Crippen molar-refractivity contribution in [1.29, 1.82) is 0 Å². The molecule has 4 heteroatoms. The first-order chi connectivity index (χ1) is 11.0. The van der Waals surface area contributed by atoms with Crippen LogP contribution in [0.3, 0.4) is 0 Å². The Bertz CT molecular complexity index is 684. The van der Waals surface area contributed by atoms with E-state index in [1.54, 1.807) is 0 Å². The maximum Gasteiger partial charge on any atom is 0.0893 e. The van der Waals surface area contributed by atoms with Gasteiger partial charge < -0.3 is 0 Å². The molecule has 0 bridgehead atoms. The van der Waals surface area contributed by atoms with E-state index >= 15 is 0 Å². The van der Waals surface area contributed by atoms with E-state index in [4.69, 9.17) is 9.97 Å². The second kappa shape index (κ2) is 7.43. The Labute approximate surface area is 148 Å². The highest BCUT2D eigenvalue weighted by Gasteiger charge is 2.16. The molecule has 0 fully saturated rings. The quantitative estimate of drug-likeness (QED) is 0.652. The molecule has 1 aromatic carbocycles. The summed E-state index contributed by atoms with van der Waals surface area (Å²) in [5, 5.41) is 1.40. The van der Waals surface area contributed by atoms with Crippen LogP contribution in [0.2, 0.25) is 0 Å². The van der Waals surface area contributed by atoms with Crippen molar-refractivity contribution in [1.82, 2.24) is 9.97 Å². The maximum absolute atomic E-state index is 5.00. The summed E-state index contributed by atoms with van der Waals surface area (Å²) in [6.07, 6.45) is 2.60. The van der Waals surface area contributed by atoms with Crippen molar-refractivity contribution in [2.75, 3.05) is 0 Å². The van der Waals surface area contributed by atoms with Crippen LogP contribution in [-0.4, -0.2) is 20.5 Å². The lowest BCUT2D eigenvalue weighted by Crippen LogP contribution is -2.09. The Hall–Kier alpha value is -0.740. The fraction of sp³-hybridized carbons (Fsp3) is 0.579. The van der Waals surface area contributed by atoms with Crippen LogP contribution in [0.1, 0.15) is 63.4 Å². The zero-order valence-corrected chi connectivity index (χ0v) is 16.1. The molecule has 0 aliphatic carbocycles. The average Bonchev–Trinajstić information content (AvgIpc) is 2.54. The van der Waals surface area contributed by atoms with Crippen LogP contribution < -0.4 is 0 Å². The Morgan fingerprint density at radius 3 is 2.04 bits per heavy atom. The minimum absolute atomic E-state index is 0.528. The molecule has 0 amide bonds. The van der Waals surface area contributed by atoms with Gasteiger partial charge in [-0.3, -0.25) is 0 Å². The number of hydrogen-bond donors (Lipinski definition) is 0. The third-order valence-corrected chi connectivity index (χ3v) is 6.99. The molecule has 1 aliphatic rings. The maximum atomic E-state index is 5.00. The second-order valence-corrected chi connectivity index (χ2v) is 9.69. The van der Waals surface area contributed by atoms with Crippen molar-refractivity contribution in [3.63, 3.8) is 0 Å². The minimum Gasteiger partial charge on any atom is -0.248 e. The van der Waals surface area contributed by atoms with Gasteiger partial charge in [-0.15, -0.1) is 0 Å². The van der Waals surface area contributed by atoms with Crippen molar-refractivity contribution >= 4 is 34.6 Å². The molecule has 0 radical (unpaired) electrons. The summed E-state index contributed by atoms with van der Waals surface area (Å²) in [4.78, 5) is 9.95. The molecule has 0 saturated carbocycles. The summed E-state index contributed by atoms with van der Waals surface area (Å²) in [7, 11) is 0. The highest BCUT2D eigenvalue weighted by atomic mass is 32.2. The number of benzene rings is 1. The van der Waals surface area contributed by atoms with E-state index in [9.17, 15) is 0 Å². The lowest BCUT2D eigenvalue weighted by Gasteiger charge is -2.19. The Kier molecular flexibility index (Phi) is 5.53. The topological polar surface area (TPSA) is 25.8 Å². The number of nitrogens with zero attached hydrogens (tertiary/aromatic N) is 2. The van der Waals surface area contributed by atoms with Crippen molar-refractivity contribution < 1.29 is 0 Å². The molecule has 3 rings (SSSR count). The molecule has 2 atom stereocenters. The summed E-state index contributed by atoms with van der Waals surface area (Å²) >= 11 is 4.05. The third-order valence-electron chi connectivity index (χ3n) is 4.50. The van der Waals surface area contributed by atoms with Gasteiger partial charge in [0.1, 0.15) is 0 Å². The summed E-state index contributed by atoms with van der Waals surface area (Å²) in [5.41, 5.74) is 5.82. The summed E-state index contributed by atoms with van der Waals surface area (Å²) in [6, 6.07) is 6.55. The normalized spacial score (nSPS) is 23.0. The lowest BCUT2D eigenvalue weighted by atomic mass is 10.0. The number of thioether (sulfide) groups is 2. The molecule has 23 heavy (non-hydrogen) atoms. The number of rotatable bonds is 1. The summed E-state index contributed by atoms with van der Waals surface area (Å²) in [5.74, 6) is 2.50. The third kappa shape index (κ3) is 4.21. The molecule has 1 aliphatic heterocycles. The van der Waals surface area contributed by atoms with Crippen LogP contribution in [0, 0.1) is 0 Å². The van der Waals surface area contributed by atoms with Gasteiger partial charge in [0, 0.05) is 22.0 Å². The molecule has 0 spiro atoms. The van der Waals surface area contributed by atoms with E-state index in [0.29, 0.717) is 16.4 Å². The Morgan fingerprint density at radius 1 is 0.913 bits per heavy atom. The van der Waals surface area contributed by atoms with Crippen LogP contribution >= 0.6 is 23.5 Å². The zero-order chi connectivity index (χ0) is 16.4. The highest BCUT2D eigenvalue weighted by molar-refractivity contribution is 7.99. The SMILES string of the molecule is CC1CCC(C)SCc2nc3cc(C(C)C)ccc3nc2CS1. The molecule has 2 heterocycles. The molecule has 2 nitrogen and oxygen atoms in total. The van der Waals surface area contributed by atoms with Gasteiger partial charge in [0.15, 0.2) is 0 Å². The van der Waals surface area contributed by atoms with E-state index < -0.39 is 0 Å². The second-order valence-electron chi connectivity index (χ2n) is 6.84. The van der Waals surface area contributed by atoms with Gasteiger partial charge in [0.05, 0.1) is 22.4 Å². The summed E-state index contributed by atoms with van der Waals surface area (Å²) in [6.45, 7) is 9.14. The average molecular weight is 347 g/mol. The standard InChI is InChI=1S/C19H26N2S2/c1-12(2)15-7-8-16-17(9-15)21-19-11-23-14(4)6-5-13(3)22-10-18(19)20-16/h7-9,12-14H,5-6,10-11H2,1-4H3. The van der Waals surface area contributed by atoms with E-state index in [0.717, 1.165) is 22.5 Å². The van der Waals surface area contributed by atoms with E-state index in [1.165, 1.54) is 29.8 Å². The van der Waals surface area contributed by atoms with Crippen molar-refractivity contribution in [2.24, 2.45) is 0 Å². The molecule has 0 saturated heterocycles. The molecular weight excluding hydrogens is 320 g/mol. The van der Waals surface area contributed by atoms with E-state index in [-0.39, 0.29) is 0 Å². The van der Waals surface area contributed by atoms with Gasteiger partial charge in [0.2, 0.25) is 0 Å². The molecule has 124 valence electrons. The monoisotopic (exact) mass is 346 g/mol. The van der Waals surface area contributed by atoms with Gasteiger partial charge in [-0.05, 0) is 36.5 Å². The molecular formula is C19H26N2S2. The van der Waals surface area contributed by atoms with Crippen molar-refractivity contribution in [3.05, 3.63) is 35.2 Å². The molecule has 2 aromatic rings. The molecule has 2 unspecified atom stereocenters. The fourth-order valence-electron chi connectivity index (χ4n) is 2.81. The van der Waals surface area contributed by atoms with Gasteiger partial charge in [-0.1, -0.05) is 33.8 Å². The van der Waals surface area contributed by atoms with Crippen LogP contribution in [0.5, 0.6) is 0 Å². The predicted octanol–water partition coefficient (Wildman–Crippen LogP) is 5.79. The zero-order valence-electron chi connectivity index (χ0n) is 14.5. The van der Waals surface area contributed by atoms with Gasteiger partial charge >= 0.3 is 0 Å². The van der Waals surface area contributed by atoms with E-state index in [1.807, 2.05) is 23.5 Å². The minimum atomic E-state index is 0.528. The first kappa shape index (κ1) is 17.1. The molecule has 1 aromatic heterocycles. The van der Waals surface area contributed by atoms with Crippen molar-refractivity contribution in [2.45, 2.75) is 68.5 Å². The van der Waals surface area contributed by atoms with Crippen LogP contribution in [-0.2, 0) is 11.5 Å². The number of aromatic nitrogens is 2. The van der Waals surface area contributed by atoms with Crippen molar-refractivity contribution in [3.8, 4) is 0 Å². The van der Waals surface area contributed by atoms with Crippen LogP contribution in [0.15, 0.2) is 18.2 Å². The summed E-state index contributed by atoms with van der Waals surface area (Å²) < 4.78 is 0. The number of fused-ring (bicyclic) bond motifs is 2. The number of hydrogen-bond acceptors (Lipinski definition) is 4. The predicted molar refractivity (Wildman–Crippen MR) is 104 cm³/mol. The smallest absolute Gasteiger partial charge is 0.0893 e. The lowest BCUT2D eigenvalue weighted by molar-refractivity contribution is 0.722. The largest absolute Gasteiger partial charge is 0.248 e.